The highest BCUT2D eigenvalue weighted by Crippen LogP contribution is 2.25. The third kappa shape index (κ3) is 5.59. The number of anilines is 2. The van der Waals surface area contributed by atoms with Crippen molar-refractivity contribution in [2.45, 2.75) is 30.2 Å². The standard InChI is InChI=1S/C18H20ClN3O3S.ClH/c19-15-8-1-2-9-16(15)22-26(24,25)14-7-5-6-13(12-14)21-18(23)17-10-3-4-11-20-17;/h1-2,5-9,12,17,20,22H,3-4,10-11H2,(H,21,23);1H. The topological polar surface area (TPSA) is 87.3 Å². The van der Waals surface area contributed by atoms with Crippen molar-refractivity contribution in [3.05, 3.63) is 53.6 Å². The van der Waals surface area contributed by atoms with Crippen LogP contribution in [0.5, 0.6) is 0 Å². The molecule has 0 saturated carbocycles. The zero-order valence-electron chi connectivity index (χ0n) is 14.4. The summed E-state index contributed by atoms with van der Waals surface area (Å²) in [5.74, 6) is -0.154. The van der Waals surface area contributed by atoms with Crippen molar-refractivity contribution < 1.29 is 13.2 Å². The monoisotopic (exact) mass is 429 g/mol. The zero-order chi connectivity index (χ0) is 18.6. The first-order chi connectivity index (χ1) is 12.5. The third-order valence-corrected chi connectivity index (χ3v) is 5.85. The highest BCUT2D eigenvalue weighted by atomic mass is 35.5. The van der Waals surface area contributed by atoms with Gasteiger partial charge >= 0.3 is 0 Å². The van der Waals surface area contributed by atoms with Gasteiger partial charge in [0.2, 0.25) is 5.91 Å². The van der Waals surface area contributed by atoms with Crippen LogP contribution >= 0.6 is 24.0 Å². The van der Waals surface area contributed by atoms with Crippen molar-refractivity contribution in [2.75, 3.05) is 16.6 Å². The average molecular weight is 430 g/mol. The predicted molar refractivity (Wildman–Crippen MR) is 110 cm³/mol. The van der Waals surface area contributed by atoms with Crippen molar-refractivity contribution in [3.63, 3.8) is 0 Å². The van der Waals surface area contributed by atoms with Gasteiger partial charge in [0.1, 0.15) is 0 Å². The Labute approximate surface area is 170 Å². The van der Waals surface area contributed by atoms with Gasteiger partial charge in [0.15, 0.2) is 0 Å². The fourth-order valence-corrected chi connectivity index (χ4v) is 4.16. The molecule has 2 aromatic carbocycles. The predicted octanol–water partition coefficient (Wildman–Crippen LogP) is 3.64. The lowest BCUT2D eigenvalue weighted by Gasteiger charge is -2.22. The molecule has 1 unspecified atom stereocenters. The molecule has 0 radical (unpaired) electrons. The fraction of sp³-hybridized carbons (Fsp3) is 0.278. The van der Waals surface area contributed by atoms with Gasteiger partial charge in [-0.25, -0.2) is 8.42 Å². The highest BCUT2D eigenvalue weighted by molar-refractivity contribution is 7.92. The number of benzene rings is 2. The van der Waals surface area contributed by atoms with Crippen molar-refractivity contribution in [1.29, 1.82) is 0 Å². The van der Waals surface area contributed by atoms with Crippen LogP contribution in [0.1, 0.15) is 19.3 Å². The number of amides is 1. The van der Waals surface area contributed by atoms with E-state index in [9.17, 15) is 13.2 Å². The molecule has 1 aliphatic heterocycles. The molecule has 2 aromatic rings. The fourth-order valence-electron chi connectivity index (χ4n) is 2.79. The molecule has 1 amide bonds. The summed E-state index contributed by atoms with van der Waals surface area (Å²) in [6.45, 7) is 0.814. The van der Waals surface area contributed by atoms with E-state index in [1.807, 2.05) is 0 Å². The van der Waals surface area contributed by atoms with Crippen LogP contribution in [0.3, 0.4) is 0 Å². The van der Waals surface area contributed by atoms with Gasteiger partial charge < -0.3 is 10.6 Å². The summed E-state index contributed by atoms with van der Waals surface area (Å²) in [5, 5.41) is 6.25. The van der Waals surface area contributed by atoms with Gasteiger partial charge in [0.05, 0.1) is 21.6 Å². The third-order valence-electron chi connectivity index (χ3n) is 4.16. The molecule has 3 N–H and O–H groups in total. The highest BCUT2D eigenvalue weighted by Gasteiger charge is 2.21. The Morgan fingerprint density at radius 1 is 1.11 bits per heavy atom. The molecule has 3 rings (SSSR count). The molecule has 0 bridgehead atoms. The number of halogens is 2. The minimum atomic E-state index is -3.82. The molecular weight excluding hydrogens is 409 g/mol. The lowest BCUT2D eigenvalue weighted by atomic mass is 10.0. The summed E-state index contributed by atoms with van der Waals surface area (Å²) in [4.78, 5) is 12.4. The van der Waals surface area contributed by atoms with Crippen LogP contribution in [0, 0.1) is 0 Å². The number of nitrogens with one attached hydrogen (secondary N) is 3. The van der Waals surface area contributed by atoms with E-state index >= 15 is 0 Å². The molecule has 146 valence electrons. The second kappa shape index (κ2) is 9.41. The summed E-state index contributed by atoms with van der Waals surface area (Å²) in [7, 11) is -3.82. The molecule has 0 aromatic heterocycles. The molecule has 0 spiro atoms. The first-order valence-corrected chi connectivity index (χ1v) is 10.2. The van der Waals surface area contributed by atoms with Gasteiger partial charge in [-0.2, -0.15) is 0 Å². The Morgan fingerprint density at radius 3 is 2.59 bits per heavy atom. The van der Waals surface area contributed by atoms with Crippen LogP contribution in [0.2, 0.25) is 5.02 Å². The first kappa shape index (κ1) is 21.5. The van der Waals surface area contributed by atoms with Gasteiger partial charge in [-0.3, -0.25) is 9.52 Å². The van der Waals surface area contributed by atoms with E-state index in [4.69, 9.17) is 11.6 Å². The number of sulfonamides is 1. The van der Waals surface area contributed by atoms with Crippen LogP contribution in [-0.4, -0.2) is 26.9 Å². The Kier molecular flexibility index (Phi) is 7.49. The number of carbonyl (C=O) groups is 1. The van der Waals surface area contributed by atoms with Gasteiger partial charge in [0.25, 0.3) is 10.0 Å². The van der Waals surface area contributed by atoms with Crippen molar-refractivity contribution in [1.82, 2.24) is 5.32 Å². The zero-order valence-corrected chi connectivity index (χ0v) is 16.8. The second-order valence-electron chi connectivity index (χ2n) is 6.10. The van der Waals surface area contributed by atoms with Crippen molar-refractivity contribution >= 4 is 51.3 Å². The first-order valence-electron chi connectivity index (χ1n) is 8.37. The van der Waals surface area contributed by atoms with Crippen LogP contribution < -0.4 is 15.4 Å². The van der Waals surface area contributed by atoms with Crippen LogP contribution in [-0.2, 0) is 14.8 Å². The van der Waals surface area contributed by atoms with E-state index in [0.29, 0.717) is 16.4 Å². The van der Waals surface area contributed by atoms with Crippen LogP contribution in [0.25, 0.3) is 0 Å². The van der Waals surface area contributed by atoms with Crippen LogP contribution in [0.4, 0.5) is 11.4 Å². The van der Waals surface area contributed by atoms with Gasteiger partial charge in [-0.1, -0.05) is 36.2 Å². The second-order valence-corrected chi connectivity index (χ2v) is 8.19. The smallest absolute Gasteiger partial charge is 0.262 e. The Balaban J connectivity index is 0.00000261. The van der Waals surface area contributed by atoms with E-state index < -0.39 is 10.0 Å². The van der Waals surface area contributed by atoms with E-state index in [-0.39, 0.29) is 29.3 Å². The Hall–Kier alpha value is -1.80. The summed E-state index contributed by atoms with van der Waals surface area (Å²) in [6, 6.07) is 12.5. The van der Waals surface area contributed by atoms with Crippen LogP contribution in [0.15, 0.2) is 53.4 Å². The molecule has 27 heavy (non-hydrogen) atoms. The normalized spacial score (nSPS) is 16.9. The lowest BCUT2D eigenvalue weighted by Crippen LogP contribution is -2.43. The maximum absolute atomic E-state index is 12.6. The molecule has 1 saturated heterocycles. The number of hydrogen-bond donors (Lipinski definition) is 3. The average Bonchev–Trinajstić information content (AvgIpc) is 2.64. The molecule has 1 heterocycles. The van der Waals surface area contributed by atoms with Crippen molar-refractivity contribution in [2.24, 2.45) is 0 Å². The van der Waals surface area contributed by atoms with E-state index in [0.717, 1.165) is 25.8 Å². The molecule has 1 aliphatic rings. The summed E-state index contributed by atoms with van der Waals surface area (Å²) >= 11 is 6.01. The molecule has 1 atom stereocenters. The number of para-hydroxylation sites is 1. The molecule has 6 nitrogen and oxygen atoms in total. The van der Waals surface area contributed by atoms with Gasteiger partial charge in [0, 0.05) is 5.69 Å². The molecule has 1 fully saturated rings. The lowest BCUT2D eigenvalue weighted by molar-refractivity contribution is -0.118. The summed E-state index contributed by atoms with van der Waals surface area (Å²) < 4.78 is 27.7. The number of piperidine rings is 1. The van der Waals surface area contributed by atoms with E-state index in [2.05, 4.69) is 15.4 Å². The number of hydrogen-bond acceptors (Lipinski definition) is 4. The van der Waals surface area contributed by atoms with Crippen molar-refractivity contribution in [3.8, 4) is 0 Å². The van der Waals surface area contributed by atoms with E-state index in [1.165, 1.54) is 12.1 Å². The van der Waals surface area contributed by atoms with E-state index in [1.54, 1.807) is 36.4 Å². The molecule has 0 aliphatic carbocycles. The maximum atomic E-state index is 12.6. The number of rotatable bonds is 5. The van der Waals surface area contributed by atoms with Gasteiger partial charge in [-0.05, 0) is 49.7 Å². The summed E-state index contributed by atoms with van der Waals surface area (Å²) in [5.41, 5.74) is 0.736. The quantitative estimate of drug-likeness (QED) is 0.676. The molecule has 9 heteroatoms. The minimum absolute atomic E-state index is 0. The van der Waals surface area contributed by atoms with Gasteiger partial charge in [-0.15, -0.1) is 12.4 Å². The Morgan fingerprint density at radius 2 is 1.89 bits per heavy atom. The maximum Gasteiger partial charge on any atom is 0.262 e. The largest absolute Gasteiger partial charge is 0.325 e. The summed E-state index contributed by atoms with van der Waals surface area (Å²) in [6.07, 6.45) is 2.84. The minimum Gasteiger partial charge on any atom is -0.325 e. The molecular formula is C18H21Cl2N3O3S. The number of carbonyl (C=O) groups excluding carboxylic acids is 1. The SMILES string of the molecule is Cl.O=C(Nc1cccc(S(=O)(=O)Nc2ccccc2Cl)c1)C1CCCCN1. The Bertz CT molecular complexity index is 900.